The molecular formula is C13H19N3O4. The molecule has 0 aromatic heterocycles. The molecule has 110 valence electrons. The maximum atomic E-state index is 12.4. The second kappa shape index (κ2) is 4.88. The fourth-order valence-corrected chi connectivity index (χ4v) is 2.54. The summed E-state index contributed by atoms with van der Waals surface area (Å²) in [5.41, 5.74) is -1.14. The summed E-state index contributed by atoms with van der Waals surface area (Å²) < 4.78 is 0. The SMILES string of the molecule is CC(C)NC(=O)C(C)N1C(=O)NC(=O)C2(CCC2)C1=O. The number of carbonyl (C=O) groups is 4. The average Bonchev–Trinajstić information content (AvgIpc) is 2.25. The molecule has 1 saturated heterocycles. The van der Waals surface area contributed by atoms with Gasteiger partial charge in [-0.2, -0.15) is 0 Å². The molecule has 0 aromatic carbocycles. The molecule has 5 amide bonds. The van der Waals surface area contributed by atoms with Gasteiger partial charge in [-0.25, -0.2) is 4.79 Å². The summed E-state index contributed by atoms with van der Waals surface area (Å²) in [6.07, 6.45) is 1.63. The van der Waals surface area contributed by atoms with E-state index >= 15 is 0 Å². The van der Waals surface area contributed by atoms with Crippen LogP contribution in [0.3, 0.4) is 0 Å². The predicted octanol–water partition coefficient (Wildman–Crippen LogP) is 0.148. The molecule has 1 spiro atoms. The zero-order valence-corrected chi connectivity index (χ0v) is 11.9. The fourth-order valence-electron chi connectivity index (χ4n) is 2.54. The highest BCUT2D eigenvalue weighted by molar-refractivity contribution is 6.20. The number of rotatable bonds is 3. The maximum absolute atomic E-state index is 12.4. The van der Waals surface area contributed by atoms with Crippen molar-refractivity contribution in [3.8, 4) is 0 Å². The molecule has 2 aliphatic rings. The first-order chi connectivity index (χ1) is 9.29. The highest BCUT2D eigenvalue weighted by Gasteiger charge is 2.58. The molecule has 2 N–H and O–H groups in total. The van der Waals surface area contributed by atoms with Crippen molar-refractivity contribution >= 4 is 23.8 Å². The standard InChI is InChI=1S/C13H19N3O4/c1-7(2)14-9(17)8(3)16-11(19)13(5-4-6-13)10(18)15-12(16)20/h7-8H,4-6H2,1-3H3,(H,14,17)(H,15,18,20). The van der Waals surface area contributed by atoms with E-state index in [2.05, 4.69) is 10.6 Å². The van der Waals surface area contributed by atoms with Gasteiger partial charge in [0.05, 0.1) is 0 Å². The van der Waals surface area contributed by atoms with Gasteiger partial charge in [-0.1, -0.05) is 6.42 Å². The third kappa shape index (κ3) is 2.07. The van der Waals surface area contributed by atoms with Crippen LogP contribution in [0.5, 0.6) is 0 Å². The Morgan fingerprint density at radius 3 is 2.30 bits per heavy atom. The van der Waals surface area contributed by atoms with E-state index in [4.69, 9.17) is 0 Å². The lowest BCUT2D eigenvalue weighted by Gasteiger charge is -2.45. The van der Waals surface area contributed by atoms with Crippen molar-refractivity contribution in [3.63, 3.8) is 0 Å². The molecule has 1 saturated carbocycles. The molecular weight excluding hydrogens is 262 g/mol. The lowest BCUT2D eigenvalue weighted by atomic mass is 9.66. The minimum atomic E-state index is -1.14. The summed E-state index contributed by atoms with van der Waals surface area (Å²) in [7, 11) is 0. The molecule has 1 atom stereocenters. The lowest BCUT2D eigenvalue weighted by Crippen LogP contribution is -2.69. The van der Waals surface area contributed by atoms with Gasteiger partial charge in [0, 0.05) is 6.04 Å². The van der Waals surface area contributed by atoms with Crippen LogP contribution in [0.25, 0.3) is 0 Å². The summed E-state index contributed by atoms with van der Waals surface area (Å²) >= 11 is 0. The van der Waals surface area contributed by atoms with Gasteiger partial charge in [0.25, 0.3) is 0 Å². The number of amides is 5. The minimum Gasteiger partial charge on any atom is -0.352 e. The van der Waals surface area contributed by atoms with Crippen LogP contribution in [0.2, 0.25) is 0 Å². The number of carbonyl (C=O) groups excluding carboxylic acids is 4. The smallest absolute Gasteiger partial charge is 0.331 e. The van der Waals surface area contributed by atoms with E-state index in [1.165, 1.54) is 6.92 Å². The Hall–Kier alpha value is -1.92. The van der Waals surface area contributed by atoms with Crippen LogP contribution in [0, 0.1) is 5.41 Å². The molecule has 1 aliphatic heterocycles. The van der Waals surface area contributed by atoms with Crippen molar-refractivity contribution in [2.24, 2.45) is 5.41 Å². The second-order valence-electron chi connectivity index (χ2n) is 5.71. The summed E-state index contributed by atoms with van der Waals surface area (Å²) in [6.45, 7) is 5.07. The molecule has 2 fully saturated rings. The molecule has 2 rings (SSSR count). The van der Waals surface area contributed by atoms with E-state index in [-0.39, 0.29) is 6.04 Å². The van der Waals surface area contributed by atoms with Crippen LogP contribution in [0.15, 0.2) is 0 Å². The Labute approximate surface area is 117 Å². The van der Waals surface area contributed by atoms with Crippen molar-refractivity contribution in [2.45, 2.75) is 52.1 Å². The molecule has 1 unspecified atom stereocenters. The molecule has 7 heteroatoms. The highest BCUT2D eigenvalue weighted by Crippen LogP contribution is 2.44. The number of hydrogen-bond acceptors (Lipinski definition) is 4. The maximum Gasteiger partial charge on any atom is 0.331 e. The summed E-state index contributed by atoms with van der Waals surface area (Å²) in [5.74, 6) is -1.50. The van der Waals surface area contributed by atoms with E-state index < -0.39 is 35.2 Å². The van der Waals surface area contributed by atoms with Gasteiger partial charge < -0.3 is 5.32 Å². The molecule has 1 aliphatic carbocycles. The van der Waals surface area contributed by atoms with Crippen molar-refractivity contribution in [1.82, 2.24) is 15.5 Å². The molecule has 0 aromatic rings. The number of hydrogen-bond donors (Lipinski definition) is 2. The Morgan fingerprint density at radius 1 is 1.25 bits per heavy atom. The monoisotopic (exact) mass is 281 g/mol. The first-order valence-corrected chi connectivity index (χ1v) is 6.79. The first-order valence-electron chi connectivity index (χ1n) is 6.79. The van der Waals surface area contributed by atoms with Gasteiger partial charge in [-0.3, -0.25) is 24.6 Å². The van der Waals surface area contributed by atoms with Crippen molar-refractivity contribution in [1.29, 1.82) is 0 Å². The first kappa shape index (κ1) is 14.5. The Morgan fingerprint density at radius 2 is 1.85 bits per heavy atom. The summed E-state index contributed by atoms with van der Waals surface area (Å²) in [6, 6.07) is -1.84. The van der Waals surface area contributed by atoms with Gasteiger partial charge >= 0.3 is 6.03 Å². The summed E-state index contributed by atoms with van der Waals surface area (Å²) in [4.78, 5) is 49.0. The van der Waals surface area contributed by atoms with E-state index in [0.717, 1.165) is 11.3 Å². The molecule has 20 heavy (non-hydrogen) atoms. The van der Waals surface area contributed by atoms with Crippen LogP contribution >= 0.6 is 0 Å². The van der Waals surface area contributed by atoms with Gasteiger partial charge in [0.15, 0.2) is 0 Å². The lowest BCUT2D eigenvalue weighted by molar-refractivity contribution is -0.160. The van der Waals surface area contributed by atoms with Crippen LogP contribution < -0.4 is 10.6 Å². The van der Waals surface area contributed by atoms with Crippen LogP contribution in [-0.2, 0) is 14.4 Å². The third-order valence-electron chi connectivity index (χ3n) is 3.91. The predicted molar refractivity (Wildman–Crippen MR) is 69.4 cm³/mol. The number of imide groups is 2. The van der Waals surface area contributed by atoms with Crippen LogP contribution in [0.4, 0.5) is 4.79 Å². The third-order valence-corrected chi connectivity index (χ3v) is 3.91. The quantitative estimate of drug-likeness (QED) is 0.720. The normalized spacial score (nSPS) is 22.6. The van der Waals surface area contributed by atoms with Gasteiger partial charge in [0.2, 0.25) is 17.7 Å². The Bertz CT molecular complexity index is 482. The van der Waals surface area contributed by atoms with Gasteiger partial charge in [0.1, 0.15) is 11.5 Å². The zero-order valence-electron chi connectivity index (χ0n) is 11.9. The average molecular weight is 281 g/mol. The highest BCUT2D eigenvalue weighted by atomic mass is 16.2. The van der Waals surface area contributed by atoms with Gasteiger partial charge in [-0.15, -0.1) is 0 Å². The molecule has 7 nitrogen and oxygen atoms in total. The Balaban J connectivity index is 2.21. The topological polar surface area (TPSA) is 95.6 Å². The van der Waals surface area contributed by atoms with Crippen molar-refractivity contribution in [2.75, 3.05) is 0 Å². The Kier molecular flexibility index (Phi) is 3.54. The molecule has 0 bridgehead atoms. The largest absolute Gasteiger partial charge is 0.352 e. The van der Waals surface area contributed by atoms with Crippen molar-refractivity contribution < 1.29 is 19.2 Å². The fraction of sp³-hybridized carbons (Fsp3) is 0.692. The number of nitrogens with zero attached hydrogens (tertiary/aromatic N) is 1. The molecule has 0 radical (unpaired) electrons. The number of nitrogens with one attached hydrogen (secondary N) is 2. The second-order valence-corrected chi connectivity index (χ2v) is 5.71. The minimum absolute atomic E-state index is 0.0906. The van der Waals surface area contributed by atoms with Crippen molar-refractivity contribution in [3.05, 3.63) is 0 Å². The van der Waals surface area contributed by atoms with E-state index in [1.54, 1.807) is 13.8 Å². The van der Waals surface area contributed by atoms with Crippen LogP contribution in [0.1, 0.15) is 40.0 Å². The number of barbiturate groups is 1. The van der Waals surface area contributed by atoms with E-state index in [1.807, 2.05) is 0 Å². The number of urea groups is 1. The van der Waals surface area contributed by atoms with E-state index in [0.29, 0.717) is 12.8 Å². The van der Waals surface area contributed by atoms with Gasteiger partial charge in [-0.05, 0) is 33.6 Å². The van der Waals surface area contributed by atoms with Crippen LogP contribution in [-0.4, -0.2) is 40.7 Å². The molecule has 1 heterocycles. The van der Waals surface area contributed by atoms with E-state index in [9.17, 15) is 19.2 Å². The zero-order chi connectivity index (χ0) is 15.1. The summed E-state index contributed by atoms with van der Waals surface area (Å²) in [5, 5.41) is 4.85.